The van der Waals surface area contributed by atoms with Crippen LogP contribution in [0.4, 0.5) is 11.5 Å². The molecule has 2 rings (SSSR count). The second-order valence-corrected chi connectivity index (χ2v) is 4.78. The van der Waals surface area contributed by atoms with E-state index in [-0.39, 0.29) is 5.56 Å². The largest absolute Gasteiger partial charge is 0.399 e. The molecule has 100 valence electrons. The first kappa shape index (κ1) is 13.4. The quantitative estimate of drug-likeness (QED) is 0.867. The Morgan fingerprint density at radius 1 is 1.47 bits per heavy atom. The van der Waals surface area contributed by atoms with Gasteiger partial charge in [0.1, 0.15) is 0 Å². The maximum absolute atomic E-state index is 12.0. The van der Waals surface area contributed by atoms with Crippen molar-refractivity contribution in [1.29, 1.82) is 0 Å². The van der Waals surface area contributed by atoms with Crippen molar-refractivity contribution in [3.05, 3.63) is 51.5 Å². The van der Waals surface area contributed by atoms with Crippen molar-refractivity contribution in [2.75, 3.05) is 17.7 Å². The summed E-state index contributed by atoms with van der Waals surface area (Å²) in [5.74, 6) is 0.378. The van der Waals surface area contributed by atoms with Crippen LogP contribution in [0.15, 0.2) is 35.4 Å². The molecule has 1 aromatic carbocycles. The van der Waals surface area contributed by atoms with Gasteiger partial charge in [0.25, 0.3) is 5.56 Å². The minimum atomic E-state index is -0.148. The summed E-state index contributed by atoms with van der Waals surface area (Å²) in [5, 5.41) is 0.619. The molecule has 1 aromatic heterocycles. The van der Waals surface area contributed by atoms with Gasteiger partial charge in [0.15, 0.2) is 5.82 Å². The normalized spacial score (nSPS) is 10.5. The molecule has 0 saturated heterocycles. The highest BCUT2D eigenvalue weighted by Crippen LogP contribution is 2.21. The molecule has 2 N–H and O–H groups in total. The zero-order valence-electron chi connectivity index (χ0n) is 10.8. The van der Waals surface area contributed by atoms with Gasteiger partial charge >= 0.3 is 0 Å². The van der Waals surface area contributed by atoms with Crippen LogP contribution in [-0.2, 0) is 13.6 Å². The predicted octanol–water partition coefficient (Wildman–Crippen LogP) is 1.65. The van der Waals surface area contributed by atoms with Crippen LogP contribution in [0.25, 0.3) is 0 Å². The van der Waals surface area contributed by atoms with Crippen molar-refractivity contribution in [3.63, 3.8) is 0 Å². The van der Waals surface area contributed by atoms with E-state index in [0.29, 0.717) is 23.1 Å². The number of rotatable bonds is 3. The molecule has 1 heterocycles. The molecular formula is C13H15ClN4O. The number of aryl methyl sites for hydroxylation is 1. The monoisotopic (exact) mass is 278 g/mol. The lowest BCUT2D eigenvalue weighted by Crippen LogP contribution is -2.29. The number of nitrogens with zero attached hydrogens (tertiary/aromatic N) is 3. The summed E-state index contributed by atoms with van der Waals surface area (Å²) in [5.41, 5.74) is 7.09. The van der Waals surface area contributed by atoms with E-state index in [1.807, 2.05) is 0 Å². The number of hydrogen-bond acceptors (Lipinski definition) is 4. The first-order chi connectivity index (χ1) is 8.99. The van der Waals surface area contributed by atoms with E-state index in [4.69, 9.17) is 17.3 Å². The highest BCUT2D eigenvalue weighted by Gasteiger charge is 2.11. The molecule has 5 nitrogen and oxygen atoms in total. The minimum Gasteiger partial charge on any atom is -0.399 e. The molecule has 0 saturated carbocycles. The predicted molar refractivity (Wildman–Crippen MR) is 77.4 cm³/mol. The fourth-order valence-corrected chi connectivity index (χ4v) is 1.97. The number of anilines is 2. The van der Waals surface area contributed by atoms with E-state index in [1.165, 1.54) is 4.57 Å². The van der Waals surface area contributed by atoms with E-state index in [0.717, 1.165) is 5.56 Å². The van der Waals surface area contributed by atoms with Crippen LogP contribution in [0, 0.1) is 0 Å². The van der Waals surface area contributed by atoms with Crippen LogP contribution in [-0.4, -0.2) is 16.6 Å². The Hall–Kier alpha value is -2.01. The second-order valence-electron chi connectivity index (χ2n) is 4.37. The van der Waals surface area contributed by atoms with Crippen LogP contribution in [0.5, 0.6) is 0 Å². The summed E-state index contributed by atoms with van der Waals surface area (Å²) in [7, 11) is 3.48. The topological polar surface area (TPSA) is 64.2 Å². The summed E-state index contributed by atoms with van der Waals surface area (Å²) in [6, 6.07) is 5.29. The lowest BCUT2D eigenvalue weighted by Gasteiger charge is -2.18. The molecule has 6 heteroatoms. The highest BCUT2D eigenvalue weighted by atomic mass is 35.5. The third-order valence-electron chi connectivity index (χ3n) is 2.84. The summed E-state index contributed by atoms with van der Waals surface area (Å²) in [4.78, 5) is 17.8. The number of benzene rings is 1. The summed E-state index contributed by atoms with van der Waals surface area (Å²) in [6.07, 6.45) is 3.21. The van der Waals surface area contributed by atoms with E-state index in [9.17, 15) is 4.79 Å². The summed E-state index contributed by atoms with van der Waals surface area (Å²) >= 11 is 6.11. The molecule has 0 bridgehead atoms. The lowest BCUT2D eigenvalue weighted by molar-refractivity contribution is 0.802. The Bertz CT molecular complexity index is 653. The molecule has 19 heavy (non-hydrogen) atoms. The third-order valence-corrected chi connectivity index (χ3v) is 3.21. The van der Waals surface area contributed by atoms with Gasteiger partial charge in [0.2, 0.25) is 0 Å². The van der Waals surface area contributed by atoms with Gasteiger partial charge in [0.05, 0.1) is 0 Å². The Kier molecular flexibility index (Phi) is 3.76. The number of hydrogen-bond donors (Lipinski definition) is 1. The molecule has 0 aliphatic carbocycles. The smallest absolute Gasteiger partial charge is 0.293 e. The summed E-state index contributed by atoms with van der Waals surface area (Å²) in [6.45, 7) is 0.468. The molecule has 0 radical (unpaired) electrons. The standard InChI is InChI=1S/C13H15ClN4O/c1-17-6-5-16-12(13(17)19)18(2)8-9-7-10(15)3-4-11(9)14/h3-7H,8,15H2,1-2H3. The van der Waals surface area contributed by atoms with Crippen molar-refractivity contribution >= 4 is 23.1 Å². The maximum Gasteiger partial charge on any atom is 0.293 e. The molecule has 0 unspecified atom stereocenters. The van der Waals surface area contributed by atoms with E-state index in [2.05, 4.69) is 4.98 Å². The maximum atomic E-state index is 12.0. The molecule has 0 aliphatic heterocycles. The van der Waals surface area contributed by atoms with Crippen molar-refractivity contribution < 1.29 is 0 Å². The highest BCUT2D eigenvalue weighted by molar-refractivity contribution is 6.31. The van der Waals surface area contributed by atoms with Gasteiger partial charge in [-0.25, -0.2) is 4.98 Å². The molecule has 0 aliphatic rings. The molecule has 0 amide bonds. The van der Waals surface area contributed by atoms with Gasteiger partial charge < -0.3 is 15.2 Å². The van der Waals surface area contributed by atoms with Crippen LogP contribution in [0.3, 0.4) is 0 Å². The zero-order valence-corrected chi connectivity index (χ0v) is 11.6. The van der Waals surface area contributed by atoms with Crippen molar-refractivity contribution in [1.82, 2.24) is 9.55 Å². The van der Waals surface area contributed by atoms with Gasteiger partial charge in [-0.05, 0) is 23.8 Å². The van der Waals surface area contributed by atoms with Crippen molar-refractivity contribution in [2.24, 2.45) is 7.05 Å². The van der Waals surface area contributed by atoms with Crippen LogP contribution < -0.4 is 16.2 Å². The SMILES string of the molecule is CN(Cc1cc(N)ccc1Cl)c1nccn(C)c1=O. The number of nitrogen functional groups attached to an aromatic ring is 1. The minimum absolute atomic E-state index is 0.148. The average molecular weight is 279 g/mol. The Labute approximate surface area is 116 Å². The molecule has 2 aromatic rings. The first-order valence-electron chi connectivity index (χ1n) is 5.75. The fraction of sp³-hybridized carbons (Fsp3) is 0.231. The third kappa shape index (κ3) is 2.88. The number of aromatic nitrogens is 2. The number of halogens is 1. The van der Waals surface area contributed by atoms with Gasteiger partial charge in [-0.2, -0.15) is 0 Å². The fourth-order valence-electron chi connectivity index (χ4n) is 1.79. The van der Waals surface area contributed by atoms with Gasteiger partial charge in [-0.1, -0.05) is 11.6 Å². The lowest BCUT2D eigenvalue weighted by atomic mass is 10.2. The molecular weight excluding hydrogens is 264 g/mol. The van der Waals surface area contributed by atoms with Gasteiger partial charge in [-0.15, -0.1) is 0 Å². The zero-order chi connectivity index (χ0) is 14.0. The second kappa shape index (κ2) is 5.32. The Morgan fingerprint density at radius 2 is 2.21 bits per heavy atom. The average Bonchev–Trinajstić information content (AvgIpc) is 2.37. The summed E-state index contributed by atoms with van der Waals surface area (Å²) < 4.78 is 1.49. The first-order valence-corrected chi connectivity index (χ1v) is 6.13. The van der Waals surface area contributed by atoms with Gasteiger partial charge in [0, 0.05) is 43.7 Å². The van der Waals surface area contributed by atoms with Gasteiger partial charge in [-0.3, -0.25) is 4.79 Å². The van der Waals surface area contributed by atoms with E-state index in [1.54, 1.807) is 49.6 Å². The molecule has 0 fully saturated rings. The van der Waals surface area contributed by atoms with Crippen molar-refractivity contribution in [2.45, 2.75) is 6.54 Å². The Morgan fingerprint density at radius 3 is 2.95 bits per heavy atom. The molecule has 0 atom stereocenters. The van der Waals surface area contributed by atoms with Crippen LogP contribution in [0.1, 0.15) is 5.56 Å². The van der Waals surface area contributed by atoms with Crippen molar-refractivity contribution in [3.8, 4) is 0 Å². The van der Waals surface area contributed by atoms with E-state index >= 15 is 0 Å². The van der Waals surface area contributed by atoms with Crippen LogP contribution in [0.2, 0.25) is 5.02 Å². The number of nitrogens with two attached hydrogens (primary N) is 1. The van der Waals surface area contributed by atoms with E-state index < -0.39 is 0 Å². The van der Waals surface area contributed by atoms with Crippen LogP contribution >= 0.6 is 11.6 Å². The molecule has 0 spiro atoms. The Balaban J connectivity index is 2.31.